The molecule has 13 aromatic rings. The van der Waals surface area contributed by atoms with E-state index in [1.165, 1.54) is 59.8 Å². The molecule has 0 fully saturated rings. The first-order chi connectivity index (χ1) is 35.9. The van der Waals surface area contributed by atoms with E-state index in [-0.39, 0.29) is 0 Å². The van der Waals surface area contributed by atoms with Gasteiger partial charge in [-0.3, -0.25) is 0 Å². The highest BCUT2D eigenvalue weighted by Crippen LogP contribution is 2.46. The molecule has 0 unspecified atom stereocenters. The van der Waals surface area contributed by atoms with E-state index in [2.05, 4.69) is 301 Å². The van der Waals surface area contributed by atoms with Gasteiger partial charge in [0.2, 0.25) is 0 Å². The minimum Gasteiger partial charge on any atom is -0.310 e. The Hall–Kier alpha value is -9.38. The molecule has 0 atom stereocenters. The molecule has 0 bridgehead atoms. The molecule has 0 aliphatic carbocycles. The van der Waals surface area contributed by atoms with Crippen molar-refractivity contribution in [2.75, 3.05) is 14.7 Å². The molecule has 12 aromatic carbocycles. The summed E-state index contributed by atoms with van der Waals surface area (Å²) in [6, 6.07) is 95.6. The predicted molar refractivity (Wildman–Crippen MR) is 312 cm³/mol. The van der Waals surface area contributed by atoms with Crippen LogP contribution in [0.4, 0.5) is 51.2 Å². The summed E-state index contributed by atoms with van der Waals surface area (Å²) in [4.78, 5) is 7.25. The number of anilines is 9. The van der Waals surface area contributed by atoms with E-state index in [0.29, 0.717) is 0 Å². The highest BCUT2D eigenvalue weighted by atomic mass is 15.2. The van der Waals surface area contributed by atoms with Gasteiger partial charge in [-0.15, -0.1) is 0 Å². The van der Waals surface area contributed by atoms with E-state index in [1.54, 1.807) is 0 Å². The van der Waals surface area contributed by atoms with Crippen LogP contribution in [0.2, 0.25) is 0 Å². The standard InChI is InChI=1S/C69H52N4/c1-47-16-10-25-55(42-47)70(65-31-13-22-50-19-4-7-28-60(50)65)53-34-36-54(37-35-53)73-68-45-58(71(56-26-11-17-48(2)43-56)66-32-14-23-51-20-5-8-29-61(51)66)38-40-63(68)64-41-39-59(46-69(64)73)72(57-27-12-18-49(3)44-57)67-33-15-24-52-21-6-9-30-62(52)67/h4-46H,1-3H3. The number of aryl methyl sites for hydroxylation is 3. The number of hydrogen-bond donors (Lipinski definition) is 0. The second-order valence-corrected chi connectivity index (χ2v) is 19.3. The van der Waals surface area contributed by atoms with Crippen LogP contribution in [0.25, 0.3) is 59.8 Å². The van der Waals surface area contributed by atoms with Gasteiger partial charge in [-0.25, -0.2) is 0 Å². The van der Waals surface area contributed by atoms with Gasteiger partial charge in [-0.05, 0) is 157 Å². The van der Waals surface area contributed by atoms with E-state index in [9.17, 15) is 0 Å². The van der Waals surface area contributed by atoms with Crippen molar-refractivity contribution in [3.8, 4) is 5.69 Å². The molecule has 0 N–H and O–H groups in total. The molecule has 0 saturated heterocycles. The number of aromatic nitrogens is 1. The molecule has 0 amide bonds. The smallest absolute Gasteiger partial charge is 0.0561 e. The van der Waals surface area contributed by atoms with Crippen molar-refractivity contribution in [1.82, 2.24) is 4.57 Å². The Morgan fingerprint density at radius 3 is 0.945 bits per heavy atom. The van der Waals surface area contributed by atoms with Gasteiger partial charge in [0.05, 0.1) is 28.1 Å². The Morgan fingerprint density at radius 2 is 0.562 bits per heavy atom. The van der Waals surface area contributed by atoms with Crippen LogP contribution in [0.1, 0.15) is 16.7 Å². The second kappa shape index (κ2) is 18.1. The SMILES string of the molecule is Cc1cccc(N(c2ccc(-n3c4cc(N(c5cccc(C)c5)c5cccc6ccccc56)ccc4c4ccc(N(c5cccc(C)c5)c5cccc6ccccc56)cc43)cc2)c2cccc3ccccc23)c1. The van der Waals surface area contributed by atoms with E-state index in [1.807, 2.05) is 0 Å². The van der Waals surface area contributed by atoms with Gasteiger partial charge in [-0.2, -0.15) is 0 Å². The van der Waals surface area contributed by atoms with E-state index in [4.69, 9.17) is 0 Å². The van der Waals surface area contributed by atoms with Crippen molar-refractivity contribution >= 4 is 105 Å². The molecule has 4 nitrogen and oxygen atoms in total. The molecule has 0 aliphatic rings. The Balaban J connectivity index is 1.06. The molecule has 1 heterocycles. The first kappa shape index (κ1) is 43.6. The molecule has 0 saturated carbocycles. The zero-order valence-electron chi connectivity index (χ0n) is 41.1. The molecule has 13 rings (SSSR count). The normalized spacial score (nSPS) is 11.5. The van der Waals surface area contributed by atoms with Crippen LogP contribution >= 0.6 is 0 Å². The summed E-state index contributed by atoms with van der Waals surface area (Å²) in [5.74, 6) is 0. The number of nitrogens with zero attached hydrogens (tertiary/aromatic N) is 4. The largest absolute Gasteiger partial charge is 0.310 e. The molecule has 1 aromatic heterocycles. The van der Waals surface area contributed by atoms with Crippen LogP contribution in [0.15, 0.2) is 261 Å². The minimum atomic E-state index is 1.07. The van der Waals surface area contributed by atoms with Gasteiger partial charge < -0.3 is 19.3 Å². The maximum atomic E-state index is 2.48. The third-order valence-corrected chi connectivity index (χ3v) is 14.4. The Labute approximate surface area is 426 Å². The van der Waals surface area contributed by atoms with Crippen LogP contribution in [-0.4, -0.2) is 4.57 Å². The Kier molecular flexibility index (Phi) is 10.8. The summed E-state index contributed by atoms with van der Waals surface area (Å²) in [5, 5.41) is 9.56. The molecule has 0 radical (unpaired) electrons. The van der Waals surface area contributed by atoms with Gasteiger partial charge in [0.15, 0.2) is 0 Å². The molecular formula is C69H52N4. The summed E-state index contributed by atoms with van der Waals surface area (Å²) >= 11 is 0. The molecule has 4 heteroatoms. The van der Waals surface area contributed by atoms with E-state index in [0.717, 1.165) is 67.9 Å². The monoisotopic (exact) mass is 936 g/mol. The number of hydrogen-bond acceptors (Lipinski definition) is 3. The lowest BCUT2D eigenvalue weighted by molar-refractivity contribution is 1.17. The highest BCUT2D eigenvalue weighted by Gasteiger charge is 2.23. The first-order valence-electron chi connectivity index (χ1n) is 25.2. The van der Waals surface area contributed by atoms with Crippen LogP contribution in [0.3, 0.4) is 0 Å². The summed E-state index contributed by atoms with van der Waals surface area (Å²) in [6.07, 6.45) is 0. The fourth-order valence-corrected chi connectivity index (χ4v) is 11.1. The van der Waals surface area contributed by atoms with Crippen LogP contribution in [-0.2, 0) is 0 Å². The average Bonchev–Trinajstić information content (AvgIpc) is 3.75. The van der Waals surface area contributed by atoms with Crippen molar-refractivity contribution in [3.63, 3.8) is 0 Å². The Morgan fingerprint density at radius 1 is 0.247 bits per heavy atom. The molecule has 348 valence electrons. The summed E-state index contributed by atoms with van der Waals surface area (Å²) in [6.45, 7) is 6.51. The molecule has 0 spiro atoms. The van der Waals surface area contributed by atoms with Crippen molar-refractivity contribution in [2.24, 2.45) is 0 Å². The van der Waals surface area contributed by atoms with Crippen molar-refractivity contribution in [1.29, 1.82) is 0 Å². The highest BCUT2D eigenvalue weighted by molar-refractivity contribution is 6.12. The van der Waals surface area contributed by atoms with Crippen LogP contribution < -0.4 is 14.7 Å². The summed E-state index contributed by atoms with van der Waals surface area (Å²) in [5.41, 5.74) is 16.9. The topological polar surface area (TPSA) is 14.7 Å². The lowest BCUT2D eigenvalue weighted by Crippen LogP contribution is -2.11. The number of rotatable bonds is 10. The van der Waals surface area contributed by atoms with Crippen LogP contribution in [0, 0.1) is 20.8 Å². The van der Waals surface area contributed by atoms with Gasteiger partial charge in [0.1, 0.15) is 0 Å². The summed E-state index contributed by atoms with van der Waals surface area (Å²) < 4.78 is 2.48. The maximum absolute atomic E-state index is 2.48. The van der Waals surface area contributed by atoms with Crippen molar-refractivity contribution in [2.45, 2.75) is 20.8 Å². The van der Waals surface area contributed by atoms with Gasteiger partial charge in [0, 0.05) is 66.7 Å². The fourth-order valence-electron chi connectivity index (χ4n) is 11.1. The van der Waals surface area contributed by atoms with Crippen molar-refractivity contribution in [3.05, 3.63) is 278 Å². The maximum Gasteiger partial charge on any atom is 0.0561 e. The zero-order chi connectivity index (χ0) is 49.0. The Bertz CT molecular complexity index is 4020. The number of benzene rings is 12. The zero-order valence-corrected chi connectivity index (χ0v) is 41.1. The van der Waals surface area contributed by atoms with Crippen molar-refractivity contribution < 1.29 is 0 Å². The van der Waals surface area contributed by atoms with Gasteiger partial charge in [-0.1, -0.05) is 158 Å². The van der Waals surface area contributed by atoms with E-state index < -0.39 is 0 Å². The first-order valence-corrected chi connectivity index (χ1v) is 25.2. The average molecular weight is 937 g/mol. The third kappa shape index (κ3) is 7.81. The van der Waals surface area contributed by atoms with Gasteiger partial charge >= 0.3 is 0 Å². The lowest BCUT2D eigenvalue weighted by atomic mass is 10.0. The summed E-state index contributed by atoms with van der Waals surface area (Å²) in [7, 11) is 0. The molecule has 0 aliphatic heterocycles. The second-order valence-electron chi connectivity index (χ2n) is 19.3. The van der Waals surface area contributed by atoms with Gasteiger partial charge in [0.25, 0.3) is 0 Å². The third-order valence-electron chi connectivity index (χ3n) is 14.4. The lowest BCUT2D eigenvalue weighted by Gasteiger charge is -2.28. The number of fused-ring (bicyclic) bond motifs is 6. The fraction of sp³-hybridized carbons (Fsp3) is 0.0435. The predicted octanol–water partition coefficient (Wildman–Crippen LogP) is 19.6. The molecular weight excluding hydrogens is 885 g/mol. The van der Waals surface area contributed by atoms with E-state index >= 15 is 0 Å². The minimum absolute atomic E-state index is 1.07. The quantitative estimate of drug-likeness (QED) is 0.136. The van der Waals surface area contributed by atoms with Crippen LogP contribution in [0.5, 0.6) is 0 Å². The molecule has 73 heavy (non-hydrogen) atoms.